The van der Waals surface area contributed by atoms with Crippen molar-refractivity contribution >= 4 is 16.8 Å². The van der Waals surface area contributed by atoms with E-state index in [1.54, 1.807) is 43.3 Å². The summed E-state index contributed by atoms with van der Waals surface area (Å²) >= 11 is 0. The Morgan fingerprint density at radius 2 is 1.94 bits per heavy atom. The first-order valence-electron chi connectivity index (χ1n) is 5.57. The zero-order valence-electron chi connectivity index (χ0n) is 9.77. The number of aromatic nitrogens is 1. The van der Waals surface area contributed by atoms with Gasteiger partial charge >= 0.3 is 0 Å². The Hall–Kier alpha value is -2.36. The maximum Gasteiger partial charge on any atom is 0.230 e. The van der Waals surface area contributed by atoms with Crippen molar-refractivity contribution in [1.29, 1.82) is 0 Å². The van der Waals surface area contributed by atoms with E-state index in [1.807, 2.05) is 0 Å². The third-order valence-corrected chi connectivity index (χ3v) is 2.87. The highest BCUT2D eigenvalue weighted by Crippen LogP contribution is 2.29. The fourth-order valence-corrected chi connectivity index (χ4v) is 1.90. The summed E-state index contributed by atoms with van der Waals surface area (Å²) in [6.45, 7) is 1.70. The van der Waals surface area contributed by atoms with E-state index in [9.17, 15) is 4.39 Å². The number of halogens is 1. The number of nitrogens with two attached hydrogens (primary N) is 1. The van der Waals surface area contributed by atoms with Crippen molar-refractivity contribution in [2.75, 3.05) is 5.73 Å². The minimum absolute atomic E-state index is 0.254. The predicted octanol–water partition coefficient (Wildman–Crippen LogP) is 3.52. The van der Waals surface area contributed by atoms with Gasteiger partial charge < -0.3 is 10.2 Å². The van der Waals surface area contributed by atoms with Crippen LogP contribution in [0.5, 0.6) is 0 Å². The lowest BCUT2D eigenvalue weighted by molar-refractivity contribution is 0.589. The highest BCUT2D eigenvalue weighted by atomic mass is 19.1. The first-order valence-corrected chi connectivity index (χ1v) is 5.57. The maximum atomic E-state index is 14.0. The van der Waals surface area contributed by atoms with Gasteiger partial charge in [0.05, 0.1) is 11.3 Å². The van der Waals surface area contributed by atoms with E-state index in [0.717, 1.165) is 0 Å². The highest BCUT2D eigenvalue weighted by Gasteiger charge is 2.14. The number of hydrogen-bond acceptors (Lipinski definition) is 3. The van der Waals surface area contributed by atoms with Crippen molar-refractivity contribution in [2.45, 2.75) is 6.92 Å². The van der Waals surface area contributed by atoms with Crippen molar-refractivity contribution < 1.29 is 8.81 Å². The smallest absolute Gasteiger partial charge is 0.230 e. The zero-order chi connectivity index (χ0) is 12.7. The highest BCUT2D eigenvalue weighted by molar-refractivity contribution is 5.87. The Morgan fingerprint density at radius 3 is 2.72 bits per heavy atom. The van der Waals surface area contributed by atoms with Crippen LogP contribution in [0.4, 0.5) is 10.1 Å². The number of para-hydroxylation sites is 1. The van der Waals surface area contributed by atoms with Crippen LogP contribution in [0.3, 0.4) is 0 Å². The van der Waals surface area contributed by atoms with Gasteiger partial charge in [-0.15, -0.1) is 0 Å². The fraction of sp³-hybridized carbons (Fsp3) is 0.0714. The molecule has 0 radical (unpaired) electrons. The van der Waals surface area contributed by atoms with Crippen molar-refractivity contribution in [1.82, 2.24) is 4.98 Å². The predicted molar refractivity (Wildman–Crippen MR) is 68.6 cm³/mol. The zero-order valence-corrected chi connectivity index (χ0v) is 9.77. The summed E-state index contributed by atoms with van der Waals surface area (Å²) in [6, 6.07) is 10.4. The summed E-state index contributed by atoms with van der Waals surface area (Å²) < 4.78 is 19.5. The number of benzene rings is 2. The third kappa shape index (κ3) is 1.54. The van der Waals surface area contributed by atoms with E-state index in [4.69, 9.17) is 10.2 Å². The lowest BCUT2D eigenvalue weighted by Gasteiger charge is -2.00. The first kappa shape index (κ1) is 10.8. The molecule has 0 saturated carbocycles. The molecule has 4 heteroatoms. The largest absolute Gasteiger partial charge is 0.436 e. The van der Waals surface area contributed by atoms with Gasteiger partial charge in [0.1, 0.15) is 11.3 Å². The van der Waals surface area contributed by atoms with Crippen LogP contribution >= 0.6 is 0 Å². The molecule has 0 aliphatic rings. The average molecular weight is 242 g/mol. The van der Waals surface area contributed by atoms with E-state index in [-0.39, 0.29) is 11.7 Å². The molecule has 0 fully saturated rings. The normalized spacial score (nSPS) is 11.0. The summed E-state index contributed by atoms with van der Waals surface area (Å²) in [5, 5.41) is 0. The molecule has 3 rings (SSSR count). The Bertz CT molecular complexity index is 734. The van der Waals surface area contributed by atoms with Gasteiger partial charge in [0.15, 0.2) is 5.58 Å². The van der Waals surface area contributed by atoms with E-state index in [0.29, 0.717) is 27.9 Å². The second kappa shape index (κ2) is 3.84. The van der Waals surface area contributed by atoms with Crippen molar-refractivity contribution in [3.8, 4) is 11.5 Å². The molecule has 0 amide bonds. The van der Waals surface area contributed by atoms with Gasteiger partial charge in [-0.3, -0.25) is 0 Å². The molecule has 0 bridgehead atoms. The second-order valence-corrected chi connectivity index (χ2v) is 4.15. The van der Waals surface area contributed by atoms with Crippen LogP contribution in [0.1, 0.15) is 5.56 Å². The van der Waals surface area contributed by atoms with Gasteiger partial charge in [0, 0.05) is 0 Å². The number of anilines is 1. The molecule has 0 aliphatic heterocycles. The Kier molecular flexibility index (Phi) is 2.30. The van der Waals surface area contributed by atoms with Crippen molar-refractivity contribution in [3.05, 3.63) is 47.8 Å². The number of nitrogen functional groups attached to an aromatic ring is 1. The molecule has 0 spiro atoms. The number of rotatable bonds is 1. The van der Waals surface area contributed by atoms with Gasteiger partial charge in [0.2, 0.25) is 5.89 Å². The molecule has 18 heavy (non-hydrogen) atoms. The molecule has 0 unspecified atom stereocenters. The van der Waals surface area contributed by atoms with Crippen LogP contribution in [0, 0.1) is 12.7 Å². The third-order valence-electron chi connectivity index (χ3n) is 2.87. The summed E-state index contributed by atoms with van der Waals surface area (Å²) in [4.78, 5) is 4.25. The quantitative estimate of drug-likeness (QED) is 0.664. The van der Waals surface area contributed by atoms with Crippen LogP contribution in [0.25, 0.3) is 22.6 Å². The van der Waals surface area contributed by atoms with Crippen molar-refractivity contribution in [2.24, 2.45) is 0 Å². The van der Waals surface area contributed by atoms with Gasteiger partial charge in [-0.05, 0) is 30.7 Å². The van der Waals surface area contributed by atoms with Gasteiger partial charge in [-0.1, -0.05) is 18.2 Å². The molecule has 3 nitrogen and oxygen atoms in total. The van der Waals surface area contributed by atoms with Gasteiger partial charge in [0.25, 0.3) is 0 Å². The Labute approximate surface area is 103 Å². The summed E-state index contributed by atoms with van der Waals surface area (Å²) in [5.74, 6) is -0.0632. The SMILES string of the molecule is Cc1cccc(-c2nc3c(N)cccc3o2)c1F. The molecule has 2 aromatic carbocycles. The fourth-order valence-electron chi connectivity index (χ4n) is 1.90. The maximum absolute atomic E-state index is 14.0. The number of aryl methyl sites for hydroxylation is 1. The van der Waals surface area contributed by atoms with Crippen molar-refractivity contribution in [3.63, 3.8) is 0 Å². The Balaban J connectivity index is 2.26. The first-order chi connectivity index (χ1) is 8.66. The van der Waals surface area contributed by atoms with Crippen LogP contribution in [-0.4, -0.2) is 4.98 Å². The van der Waals surface area contributed by atoms with Gasteiger partial charge in [-0.25, -0.2) is 9.37 Å². The van der Waals surface area contributed by atoms with E-state index < -0.39 is 0 Å². The monoisotopic (exact) mass is 242 g/mol. The summed E-state index contributed by atoms with van der Waals surface area (Å²) in [7, 11) is 0. The lowest BCUT2D eigenvalue weighted by Crippen LogP contribution is -1.88. The standard InChI is InChI=1S/C14H11FN2O/c1-8-4-2-5-9(12(8)15)14-17-13-10(16)6-3-7-11(13)18-14/h2-7H,16H2,1H3. The molecule has 0 aliphatic carbocycles. The number of fused-ring (bicyclic) bond motifs is 1. The molecule has 90 valence electrons. The molecule has 0 saturated heterocycles. The number of hydrogen-bond donors (Lipinski definition) is 1. The molecule has 0 atom stereocenters. The van der Waals surface area contributed by atoms with Crippen LogP contribution in [0.2, 0.25) is 0 Å². The molecule has 1 heterocycles. The van der Waals surface area contributed by atoms with Gasteiger partial charge in [-0.2, -0.15) is 0 Å². The average Bonchev–Trinajstić information content (AvgIpc) is 2.78. The van der Waals surface area contributed by atoms with Crippen LogP contribution in [-0.2, 0) is 0 Å². The summed E-state index contributed by atoms with van der Waals surface area (Å²) in [5.41, 5.74) is 8.36. The second-order valence-electron chi connectivity index (χ2n) is 4.15. The minimum Gasteiger partial charge on any atom is -0.436 e. The molecular weight excluding hydrogens is 231 g/mol. The topological polar surface area (TPSA) is 52.0 Å². The van der Waals surface area contributed by atoms with Crippen LogP contribution < -0.4 is 5.73 Å². The molecule has 1 aromatic heterocycles. The minimum atomic E-state index is -0.317. The number of oxazole rings is 1. The Morgan fingerprint density at radius 1 is 1.17 bits per heavy atom. The van der Waals surface area contributed by atoms with E-state index >= 15 is 0 Å². The number of nitrogens with zero attached hydrogens (tertiary/aromatic N) is 1. The summed E-state index contributed by atoms with van der Waals surface area (Å²) in [6.07, 6.45) is 0. The molecule has 3 aromatic rings. The van der Waals surface area contributed by atoms with Crippen LogP contribution in [0.15, 0.2) is 40.8 Å². The van der Waals surface area contributed by atoms with E-state index in [2.05, 4.69) is 4.98 Å². The molecule has 2 N–H and O–H groups in total. The van der Waals surface area contributed by atoms with E-state index in [1.165, 1.54) is 0 Å². The molecular formula is C14H11FN2O. The lowest BCUT2D eigenvalue weighted by atomic mass is 10.1.